The van der Waals surface area contributed by atoms with E-state index < -0.39 is 11.4 Å². The van der Waals surface area contributed by atoms with E-state index in [0.29, 0.717) is 11.4 Å². The molecule has 0 aliphatic carbocycles. The lowest BCUT2D eigenvalue weighted by Crippen LogP contribution is -2.16. The van der Waals surface area contributed by atoms with Crippen molar-refractivity contribution in [3.8, 4) is 5.69 Å². The Morgan fingerprint density at radius 3 is 2.69 bits per heavy atom. The van der Waals surface area contributed by atoms with Crippen molar-refractivity contribution in [2.45, 2.75) is 6.92 Å². The first-order valence-electron chi connectivity index (χ1n) is 4.53. The fraction of sp³-hybridized carbons (Fsp3) is 0.100. The van der Waals surface area contributed by atoms with Gasteiger partial charge in [-0.15, -0.1) is 0 Å². The smallest absolute Gasteiger partial charge is 0.294 e. The van der Waals surface area contributed by atoms with E-state index in [9.17, 15) is 9.18 Å². The highest BCUT2D eigenvalue weighted by Gasteiger charge is 2.10. The minimum atomic E-state index is -0.586. The molecule has 4 nitrogen and oxygen atoms in total. The maximum atomic E-state index is 13.2. The zero-order valence-corrected chi connectivity index (χ0v) is 9.18. The Morgan fingerprint density at radius 1 is 1.50 bits per heavy atom. The largest absolute Gasteiger partial charge is 0.393 e. The number of hydrogen-bond donors (Lipinski definition) is 2. The highest BCUT2D eigenvalue weighted by atomic mass is 35.5. The molecule has 3 N–H and O–H groups in total. The van der Waals surface area contributed by atoms with Crippen LogP contribution in [0.1, 0.15) is 5.69 Å². The number of aryl methyl sites for hydroxylation is 1. The number of aromatic nitrogens is 2. The second-order valence-corrected chi connectivity index (χ2v) is 3.80. The normalized spacial score (nSPS) is 10.7. The van der Waals surface area contributed by atoms with Gasteiger partial charge in [0, 0.05) is 6.07 Å². The van der Waals surface area contributed by atoms with Crippen molar-refractivity contribution in [3.63, 3.8) is 0 Å². The fourth-order valence-electron chi connectivity index (χ4n) is 1.37. The molecule has 0 unspecified atom stereocenters. The first-order chi connectivity index (χ1) is 7.50. The Morgan fingerprint density at radius 2 is 2.19 bits per heavy atom. The van der Waals surface area contributed by atoms with Crippen LogP contribution >= 0.6 is 11.6 Å². The van der Waals surface area contributed by atoms with E-state index in [0.717, 1.165) is 0 Å². The molecule has 0 atom stereocenters. The molecule has 0 radical (unpaired) electrons. The van der Waals surface area contributed by atoms with Gasteiger partial charge in [-0.1, -0.05) is 11.6 Å². The monoisotopic (exact) mass is 241 g/mol. The molecule has 0 bridgehead atoms. The lowest BCUT2D eigenvalue weighted by molar-refractivity contribution is 0.625. The van der Waals surface area contributed by atoms with Crippen molar-refractivity contribution in [2.75, 3.05) is 5.73 Å². The van der Waals surface area contributed by atoms with Crippen molar-refractivity contribution in [1.29, 1.82) is 0 Å². The molecule has 1 heterocycles. The van der Waals surface area contributed by atoms with Crippen LogP contribution in [-0.2, 0) is 0 Å². The highest BCUT2D eigenvalue weighted by molar-refractivity contribution is 6.30. The molecule has 0 saturated heterocycles. The summed E-state index contributed by atoms with van der Waals surface area (Å²) in [4.78, 5) is 11.6. The van der Waals surface area contributed by atoms with Gasteiger partial charge < -0.3 is 5.73 Å². The summed E-state index contributed by atoms with van der Waals surface area (Å²) in [6, 6.07) is 4.08. The first-order valence-corrected chi connectivity index (χ1v) is 4.91. The van der Waals surface area contributed by atoms with Gasteiger partial charge in [0.2, 0.25) is 0 Å². The Kier molecular flexibility index (Phi) is 2.47. The van der Waals surface area contributed by atoms with Crippen LogP contribution in [-0.4, -0.2) is 9.78 Å². The maximum Gasteiger partial charge on any atom is 0.294 e. The summed E-state index contributed by atoms with van der Waals surface area (Å²) in [7, 11) is 0. The van der Waals surface area contributed by atoms with E-state index in [2.05, 4.69) is 5.10 Å². The summed E-state index contributed by atoms with van der Waals surface area (Å²) in [6.45, 7) is 1.67. The van der Waals surface area contributed by atoms with Gasteiger partial charge in [0.25, 0.3) is 5.56 Å². The molecule has 6 heteroatoms. The number of benzene rings is 1. The first kappa shape index (κ1) is 10.8. The molecule has 1 aromatic carbocycles. The van der Waals surface area contributed by atoms with Crippen LogP contribution < -0.4 is 11.3 Å². The molecule has 0 aliphatic rings. The molecule has 2 rings (SSSR count). The van der Waals surface area contributed by atoms with E-state index in [1.54, 1.807) is 6.92 Å². The third kappa shape index (κ3) is 1.59. The average Bonchev–Trinajstić information content (AvgIpc) is 2.50. The quantitative estimate of drug-likeness (QED) is 0.800. The molecule has 0 aliphatic heterocycles. The lowest BCUT2D eigenvalue weighted by atomic mass is 10.3. The third-order valence-electron chi connectivity index (χ3n) is 2.28. The molecule has 2 aromatic rings. The molecule has 84 valence electrons. The number of halogens is 2. The van der Waals surface area contributed by atoms with E-state index in [1.807, 2.05) is 0 Å². The lowest BCUT2D eigenvalue weighted by Gasteiger charge is -2.02. The minimum absolute atomic E-state index is 0.00745. The van der Waals surface area contributed by atoms with Gasteiger partial charge in [0.15, 0.2) is 0 Å². The molecular formula is C10H9ClFN3O. The number of nitrogens with one attached hydrogen (secondary N) is 1. The van der Waals surface area contributed by atoms with Crippen LogP contribution in [0.4, 0.5) is 10.1 Å². The van der Waals surface area contributed by atoms with E-state index in [4.69, 9.17) is 17.3 Å². The minimum Gasteiger partial charge on any atom is -0.393 e. The van der Waals surface area contributed by atoms with Crippen LogP contribution in [0.15, 0.2) is 23.0 Å². The second-order valence-electron chi connectivity index (χ2n) is 3.39. The molecular weight excluding hydrogens is 233 g/mol. The molecule has 0 saturated carbocycles. The molecule has 0 spiro atoms. The predicted octanol–water partition coefficient (Wildman–Crippen LogP) is 1.85. The number of H-pyrrole nitrogens is 1. The molecule has 0 amide bonds. The van der Waals surface area contributed by atoms with E-state index >= 15 is 0 Å². The zero-order chi connectivity index (χ0) is 11.9. The van der Waals surface area contributed by atoms with Crippen LogP contribution in [0.2, 0.25) is 5.02 Å². The number of anilines is 1. The third-order valence-corrected chi connectivity index (χ3v) is 2.58. The number of nitrogens with zero attached hydrogens (tertiary/aromatic N) is 1. The molecule has 1 aromatic heterocycles. The highest BCUT2D eigenvalue weighted by Crippen LogP contribution is 2.17. The second kappa shape index (κ2) is 3.68. The Hall–Kier alpha value is -1.75. The van der Waals surface area contributed by atoms with Crippen molar-refractivity contribution >= 4 is 17.3 Å². The topological polar surface area (TPSA) is 63.8 Å². The zero-order valence-electron chi connectivity index (χ0n) is 8.42. The average molecular weight is 242 g/mol. The maximum absolute atomic E-state index is 13.2. The summed E-state index contributed by atoms with van der Waals surface area (Å²) < 4.78 is 14.4. The Balaban J connectivity index is 2.63. The summed E-state index contributed by atoms with van der Waals surface area (Å²) >= 11 is 5.55. The van der Waals surface area contributed by atoms with Crippen molar-refractivity contribution in [3.05, 3.63) is 45.1 Å². The predicted molar refractivity (Wildman–Crippen MR) is 60.5 cm³/mol. The standard InChI is InChI=1S/C10H9ClFN3O/c1-5-9(13)10(16)15(14-5)6-2-3-7(11)8(12)4-6/h2-4,14H,13H2,1H3. The number of rotatable bonds is 1. The van der Waals surface area contributed by atoms with Crippen LogP contribution in [0, 0.1) is 12.7 Å². The molecule has 0 fully saturated rings. The van der Waals surface area contributed by atoms with Gasteiger partial charge in [-0.05, 0) is 19.1 Å². The Labute approximate surface area is 95.4 Å². The number of hydrogen-bond acceptors (Lipinski definition) is 2. The Bertz CT molecular complexity index is 603. The van der Waals surface area contributed by atoms with Crippen LogP contribution in [0.3, 0.4) is 0 Å². The van der Waals surface area contributed by atoms with Crippen LogP contribution in [0.25, 0.3) is 5.69 Å². The number of nitrogen functional groups attached to an aromatic ring is 1. The van der Waals surface area contributed by atoms with Gasteiger partial charge in [0.05, 0.1) is 16.4 Å². The van der Waals surface area contributed by atoms with Gasteiger partial charge in [-0.25, -0.2) is 9.07 Å². The summed E-state index contributed by atoms with van der Waals surface area (Å²) in [5.41, 5.74) is 6.14. The van der Waals surface area contributed by atoms with Crippen molar-refractivity contribution < 1.29 is 4.39 Å². The van der Waals surface area contributed by atoms with Crippen molar-refractivity contribution in [2.24, 2.45) is 0 Å². The number of nitrogens with two attached hydrogens (primary N) is 1. The van der Waals surface area contributed by atoms with Gasteiger partial charge >= 0.3 is 0 Å². The summed E-state index contributed by atoms with van der Waals surface area (Å²) in [5.74, 6) is -0.586. The van der Waals surface area contributed by atoms with Gasteiger partial charge in [-0.2, -0.15) is 0 Å². The fourth-order valence-corrected chi connectivity index (χ4v) is 1.48. The number of aromatic amines is 1. The van der Waals surface area contributed by atoms with Gasteiger partial charge in [-0.3, -0.25) is 9.89 Å². The van der Waals surface area contributed by atoms with E-state index in [1.165, 1.54) is 22.9 Å². The molecule has 16 heavy (non-hydrogen) atoms. The summed E-state index contributed by atoms with van der Waals surface area (Å²) in [6.07, 6.45) is 0. The van der Waals surface area contributed by atoms with Crippen molar-refractivity contribution in [1.82, 2.24) is 9.78 Å². The SMILES string of the molecule is Cc1[nH]n(-c2ccc(Cl)c(F)c2)c(=O)c1N. The summed E-state index contributed by atoms with van der Waals surface area (Å²) in [5, 5.41) is 2.75. The van der Waals surface area contributed by atoms with Gasteiger partial charge in [0.1, 0.15) is 11.5 Å². The van der Waals surface area contributed by atoms with E-state index in [-0.39, 0.29) is 10.7 Å². The van der Waals surface area contributed by atoms with Crippen LogP contribution in [0.5, 0.6) is 0 Å².